The second-order valence-corrected chi connectivity index (χ2v) is 8.36. The number of ether oxygens (including phenoxy) is 3. The third-order valence-corrected chi connectivity index (χ3v) is 5.98. The molecule has 1 atom stereocenters. The largest absolute Gasteiger partial charge is 0.493 e. The van der Waals surface area contributed by atoms with Crippen molar-refractivity contribution in [2.45, 2.75) is 26.3 Å². The highest BCUT2D eigenvalue weighted by Crippen LogP contribution is 2.36. The molecule has 7 nitrogen and oxygen atoms in total. The van der Waals surface area contributed by atoms with Crippen molar-refractivity contribution in [3.8, 4) is 11.5 Å². The van der Waals surface area contributed by atoms with Crippen LogP contribution in [0.15, 0.2) is 30.3 Å². The van der Waals surface area contributed by atoms with E-state index in [2.05, 4.69) is 20.2 Å². The van der Waals surface area contributed by atoms with E-state index in [1.807, 2.05) is 0 Å². The van der Waals surface area contributed by atoms with E-state index in [1.165, 1.54) is 12.1 Å². The first kappa shape index (κ1) is 25.0. The smallest absolute Gasteiger partial charge is 0.266 e. The number of anilines is 1. The average Bonchev–Trinajstić information content (AvgIpc) is 2.84. The molecule has 1 saturated heterocycles. The Kier molecular flexibility index (Phi) is 7.92. The number of benzene rings is 2. The van der Waals surface area contributed by atoms with Gasteiger partial charge in [0.15, 0.2) is 11.5 Å². The number of fused-ring (bicyclic) bond motifs is 1. The van der Waals surface area contributed by atoms with E-state index >= 15 is 0 Å². The van der Waals surface area contributed by atoms with Crippen LogP contribution >= 0.6 is 0 Å². The lowest BCUT2D eigenvalue weighted by Crippen LogP contribution is -2.38. The fourth-order valence-electron chi connectivity index (χ4n) is 4.10. The number of morpholine rings is 1. The average molecular weight is 491 g/mol. The van der Waals surface area contributed by atoms with Crippen molar-refractivity contribution in [1.29, 1.82) is 0 Å². The minimum absolute atomic E-state index is 0.127. The van der Waals surface area contributed by atoms with Gasteiger partial charge in [-0.15, -0.1) is 0 Å². The highest BCUT2D eigenvalue weighted by atomic mass is 19.3. The predicted molar refractivity (Wildman–Crippen MR) is 127 cm³/mol. The topological polar surface area (TPSA) is 68.7 Å². The van der Waals surface area contributed by atoms with Crippen molar-refractivity contribution in [2.24, 2.45) is 0 Å². The van der Waals surface area contributed by atoms with Gasteiger partial charge in [0.25, 0.3) is 6.43 Å². The van der Waals surface area contributed by atoms with Gasteiger partial charge in [0, 0.05) is 36.7 Å². The fraction of sp³-hybridized carbons (Fsp3) is 0.440. The Bertz CT molecular complexity index is 1170. The molecule has 1 unspecified atom stereocenters. The molecule has 1 fully saturated rings. The summed E-state index contributed by atoms with van der Waals surface area (Å²) in [4.78, 5) is 11.3. The molecule has 188 valence electrons. The summed E-state index contributed by atoms with van der Waals surface area (Å²) in [6.07, 6.45) is -2.89. The molecule has 0 saturated carbocycles. The normalized spacial score (nSPS) is 15.4. The van der Waals surface area contributed by atoms with E-state index in [0.717, 1.165) is 38.9 Å². The van der Waals surface area contributed by atoms with Crippen LogP contribution in [0.4, 0.5) is 19.0 Å². The van der Waals surface area contributed by atoms with Gasteiger partial charge in [-0.25, -0.2) is 23.1 Å². The molecule has 0 spiro atoms. The van der Waals surface area contributed by atoms with Crippen LogP contribution in [0.2, 0.25) is 0 Å². The van der Waals surface area contributed by atoms with Gasteiger partial charge >= 0.3 is 0 Å². The number of rotatable bonds is 9. The van der Waals surface area contributed by atoms with Crippen molar-refractivity contribution < 1.29 is 27.4 Å². The molecule has 1 aliphatic heterocycles. The summed E-state index contributed by atoms with van der Waals surface area (Å²) < 4.78 is 57.9. The zero-order valence-corrected chi connectivity index (χ0v) is 20.0. The van der Waals surface area contributed by atoms with Crippen LogP contribution in [0.5, 0.6) is 11.5 Å². The van der Waals surface area contributed by atoms with Gasteiger partial charge in [-0.05, 0) is 19.9 Å². The molecule has 2 aromatic carbocycles. The summed E-state index contributed by atoms with van der Waals surface area (Å²) in [5.74, 6) is 1.08. The highest BCUT2D eigenvalue weighted by molar-refractivity contribution is 5.92. The summed E-state index contributed by atoms with van der Waals surface area (Å²) in [5, 5.41) is 3.80. The predicted octanol–water partition coefficient (Wildman–Crippen LogP) is 4.91. The lowest BCUT2D eigenvalue weighted by molar-refractivity contribution is 0.0321. The first-order valence-electron chi connectivity index (χ1n) is 11.5. The lowest BCUT2D eigenvalue weighted by Gasteiger charge is -2.26. The number of alkyl halides is 2. The molecule has 1 aromatic heterocycles. The van der Waals surface area contributed by atoms with Crippen molar-refractivity contribution in [3.05, 3.63) is 53.1 Å². The van der Waals surface area contributed by atoms with Gasteiger partial charge < -0.3 is 19.5 Å². The maximum Gasteiger partial charge on any atom is 0.266 e. The van der Waals surface area contributed by atoms with E-state index in [4.69, 9.17) is 14.2 Å². The number of aromatic nitrogens is 2. The summed E-state index contributed by atoms with van der Waals surface area (Å²) in [6, 6.07) is 6.92. The summed E-state index contributed by atoms with van der Waals surface area (Å²) in [5.41, 5.74) is 0.124. The van der Waals surface area contributed by atoms with Crippen LogP contribution in [-0.2, 0) is 4.74 Å². The number of halogens is 3. The number of hydrogen-bond acceptors (Lipinski definition) is 7. The molecular formula is C25H29F3N4O3. The Balaban J connectivity index is 1.58. The van der Waals surface area contributed by atoms with E-state index in [-0.39, 0.29) is 5.56 Å². The van der Waals surface area contributed by atoms with Crippen molar-refractivity contribution in [1.82, 2.24) is 14.9 Å². The van der Waals surface area contributed by atoms with Crippen molar-refractivity contribution in [2.75, 3.05) is 51.9 Å². The zero-order chi connectivity index (χ0) is 24.9. The van der Waals surface area contributed by atoms with Crippen LogP contribution in [0.25, 0.3) is 10.9 Å². The minimum Gasteiger partial charge on any atom is -0.493 e. The van der Waals surface area contributed by atoms with Crippen LogP contribution in [0, 0.1) is 12.7 Å². The second-order valence-electron chi connectivity index (χ2n) is 8.36. The van der Waals surface area contributed by atoms with Crippen molar-refractivity contribution in [3.63, 3.8) is 0 Å². The van der Waals surface area contributed by atoms with Gasteiger partial charge in [0.2, 0.25) is 0 Å². The number of hydrogen-bond donors (Lipinski definition) is 1. The summed E-state index contributed by atoms with van der Waals surface area (Å²) in [6.45, 7) is 7.87. The Labute approximate surface area is 202 Å². The minimum atomic E-state index is -2.89. The molecule has 0 amide bonds. The van der Waals surface area contributed by atoms with E-state index in [9.17, 15) is 13.2 Å². The number of methoxy groups -OCH3 is 1. The molecule has 1 N–H and O–H groups in total. The maximum atomic E-state index is 14.7. The molecule has 35 heavy (non-hydrogen) atoms. The maximum absolute atomic E-state index is 14.7. The Hall–Kier alpha value is -3.11. The fourth-order valence-corrected chi connectivity index (χ4v) is 4.10. The second kappa shape index (κ2) is 11.1. The van der Waals surface area contributed by atoms with Gasteiger partial charge in [0.05, 0.1) is 37.4 Å². The van der Waals surface area contributed by atoms with Gasteiger partial charge in [-0.2, -0.15) is 0 Å². The molecule has 2 heterocycles. The van der Waals surface area contributed by atoms with Gasteiger partial charge in [-0.3, -0.25) is 4.90 Å². The molecule has 0 radical (unpaired) electrons. The molecule has 3 aromatic rings. The highest BCUT2D eigenvalue weighted by Gasteiger charge is 2.21. The molecule has 10 heteroatoms. The first-order chi connectivity index (χ1) is 16.9. The molecule has 0 bridgehead atoms. The Morgan fingerprint density at radius 1 is 1.11 bits per heavy atom. The van der Waals surface area contributed by atoms with E-state index in [1.54, 1.807) is 33.1 Å². The standard InChI is InChI=1S/C25H29F3N4O3/c1-15(17-5-4-6-18(23(17)26)24(27)28)29-25-19-13-21(33-3)22(14-20(19)30-16(2)31-25)35-12-9-32-7-10-34-11-8-32/h4-6,13-15,24H,7-12H2,1-3H3,(H,29,30,31). The quantitative estimate of drug-likeness (QED) is 0.457. The number of nitrogens with one attached hydrogen (secondary N) is 1. The van der Waals surface area contributed by atoms with Gasteiger partial charge in [-0.1, -0.05) is 18.2 Å². The zero-order valence-electron chi connectivity index (χ0n) is 20.0. The molecule has 4 rings (SSSR count). The van der Waals surface area contributed by atoms with E-state index in [0.29, 0.717) is 40.7 Å². The third-order valence-electron chi connectivity index (χ3n) is 5.98. The molecule has 1 aliphatic rings. The van der Waals surface area contributed by atoms with Crippen LogP contribution in [0.3, 0.4) is 0 Å². The van der Waals surface area contributed by atoms with E-state index < -0.39 is 23.8 Å². The van der Waals surface area contributed by atoms with Crippen LogP contribution < -0.4 is 14.8 Å². The summed E-state index contributed by atoms with van der Waals surface area (Å²) >= 11 is 0. The van der Waals surface area contributed by atoms with Gasteiger partial charge in [0.1, 0.15) is 24.1 Å². The Morgan fingerprint density at radius 3 is 2.57 bits per heavy atom. The monoisotopic (exact) mass is 490 g/mol. The lowest BCUT2D eigenvalue weighted by atomic mass is 10.0. The number of aryl methyl sites for hydroxylation is 1. The Morgan fingerprint density at radius 2 is 1.86 bits per heavy atom. The first-order valence-corrected chi connectivity index (χ1v) is 11.5. The molecule has 0 aliphatic carbocycles. The third kappa shape index (κ3) is 5.76. The van der Waals surface area contributed by atoms with Crippen LogP contribution in [-0.4, -0.2) is 61.4 Å². The van der Waals surface area contributed by atoms with Crippen LogP contribution in [0.1, 0.15) is 36.3 Å². The number of nitrogens with zero attached hydrogens (tertiary/aromatic N) is 3. The summed E-state index contributed by atoms with van der Waals surface area (Å²) in [7, 11) is 1.55. The molecular weight excluding hydrogens is 461 g/mol. The van der Waals surface area contributed by atoms with Crippen molar-refractivity contribution >= 4 is 16.7 Å². The SMILES string of the molecule is COc1cc2c(NC(C)c3cccc(C(F)F)c3F)nc(C)nc2cc1OCCN1CCOCC1.